The molecule has 0 aliphatic carbocycles. The lowest BCUT2D eigenvalue weighted by Crippen LogP contribution is -2.33. The third kappa shape index (κ3) is 5.48. The summed E-state index contributed by atoms with van der Waals surface area (Å²) >= 11 is 0. The second kappa shape index (κ2) is 7.48. The highest BCUT2D eigenvalue weighted by Gasteiger charge is 2.13. The quantitative estimate of drug-likeness (QED) is 0.621. The van der Waals surface area contributed by atoms with E-state index in [9.17, 15) is 4.79 Å². The van der Waals surface area contributed by atoms with Gasteiger partial charge >= 0.3 is 0 Å². The van der Waals surface area contributed by atoms with E-state index in [1.165, 1.54) is 0 Å². The number of benzene rings is 1. The van der Waals surface area contributed by atoms with Gasteiger partial charge in [0, 0.05) is 6.21 Å². The molecule has 0 aliphatic heterocycles. The fourth-order valence-corrected chi connectivity index (χ4v) is 1.22. The highest BCUT2D eigenvalue weighted by Crippen LogP contribution is 2.10. The normalized spacial score (nSPS) is 12.7. The van der Waals surface area contributed by atoms with Gasteiger partial charge in [-0.15, -0.1) is 0 Å². The summed E-state index contributed by atoms with van der Waals surface area (Å²) in [6.07, 6.45) is 1.98. The second-order valence-corrected chi connectivity index (χ2v) is 4.49. The van der Waals surface area contributed by atoms with E-state index in [4.69, 9.17) is 4.74 Å². The predicted octanol–water partition coefficient (Wildman–Crippen LogP) is 2.60. The molecule has 0 aromatic heterocycles. The summed E-state index contributed by atoms with van der Waals surface area (Å²) < 4.78 is 5.47. The van der Waals surface area contributed by atoms with Crippen LogP contribution in [-0.2, 0) is 4.79 Å². The lowest BCUT2D eigenvalue weighted by Gasteiger charge is -2.12. The summed E-state index contributed by atoms with van der Waals surface area (Å²) in [5.74, 6) is 0.953. The van der Waals surface area contributed by atoms with E-state index in [1.54, 1.807) is 13.1 Å². The Balaban J connectivity index is 2.35. The zero-order valence-electron chi connectivity index (χ0n) is 11.1. The van der Waals surface area contributed by atoms with Crippen molar-refractivity contribution in [2.24, 2.45) is 11.0 Å². The van der Waals surface area contributed by atoms with Crippen molar-refractivity contribution < 1.29 is 9.53 Å². The number of rotatable bonds is 6. The summed E-state index contributed by atoms with van der Waals surface area (Å²) in [7, 11) is 0. The van der Waals surface area contributed by atoms with E-state index < -0.39 is 6.10 Å². The zero-order chi connectivity index (χ0) is 13.4. The summed E-state index contributed by atoms with van der Waals surface area (Å²) in [4.78, 5) is 11.6. The van der Waals surface area contributed by atoms with Crippen LogP contribution in [0.3, 0.4) is 0 Å². The van der Waals surface area contributed by atoms with Crippen LogP contribution in [-0.4, -0.2) is 18.2 Å². The molecular weight excluding hydrogens is 228 g/mol. The highest BCUT2D eigenvalue weighted by molar-refractivity contribution is 5.81. The molecule has 1 aromatic carbocycles. The second-order valence-electron chi connectivity index (χ2n) is 4.49. The number of amides is 1. The van der Waals surface area contributed by atoms with Gasteiger partial charge in [0.2, 0.25) is 0 Å². The lowest BCUT2D eigenvalue weighted by atomic mass is 10.2. The fraction of sp³-hybridized carbons (Fsp3) is 0.429. The van der Waals surface area contributed by atoms with E-state index in [-0.39, 0.29) is 5.91 Å². The Labute approximate surface area is 108 Å². The Morgan fingerprint density at radius 2 is 2.00 bits per heavy atom. The van der Waals surface area contributed by atoms with Crippen LogP contribution >= 0.6 is 0 Å². The highest BCUT2D eigenvalue weighted by atomic mass is 16.5. The number of nitrogens with zero attached hydrogens (tertiary/aromatic N) is 1. The number of carbonyl (C=O) groups is 1. The first-order valence-electron chi connectivity index (χ1n) is 6.12. The van der Waals surface area contributed by atoms with Gasteiger partial charge < -0.3 is 4.74 Å². The van der Waals surface area contributed by atoms with Crippen LogP contribution in [0.2, 0.25) is 0 Å². The molecule has 4 heteroatoms. The fourth-order valence-electron chi connectivity index (χ4n) is 1.22. The Kier molecular flexibility index (Phi) is 5.91. The number of hydrogen-bond acceptors (Lipinski definition) is 3. The summed E-state index contributed by atoms with van der Waals surface area (Å²) in [6, 6.07) is 9.24. The molecule has 1 amide bonds. The van der Waals surface area contributed by atoms with E-state index in [0.29, 0.717) is 11.7 Å². The Morgan fingerprint density at radius 1 is 1.33 bits per heavy atom. The molecule has 0 saturated carbocycles. The molecule has 4 nitrogen and oxygen atoms in total. The standard InChI is InChI=1S/C14H20N2O2/c1-11(2)9-10-15-16-14(17)12(3)18-13-7-5-4-6-8-13/h4-8,10-12H,9H2,1-3H3,(H,16,17)/b15-10+. The number of hydrogen-bond donors (Lipinski definition) is 1. The third-order valence-electron chi connectivity index (χ3n) is 2.27. The molecule has 0 bridgehead atoms. The van der Waals surface area contributed by atoms with Crippen molar-refractivity contribution in [2.75, 3.05) is 0 Å². The van der Waals surface area contributed by atoms with Crippen LogP contribution < -0.4 is 10.2 Å². The van der Waals surface area contributed by atoms with Crippen molar-refractivity contribution in [2.45, 2.75) is 33.3 Å². The maximum Gasteiger partial charge on any atom is 0.280 e. The van der Waals surface area contributed by atoms with Gasteiger partial charge in [-0.05, 0) is 31.4 Å². The topological polar surface area (TPSA) is 50.7 Å². The molecule has 0 radical (unpaired) electrons. The Morgan fingerprint density at radius 3 is 2.61 bits per heavy atom. The van der Waals surface area contributed by atoms with E-state index >= 15 is 0 Å². The van der Waals surface area contributed by atoms with Crippen LogP contribution in [0.15, 0.2) is 35.4 Å². The van der Waals surface area contributed by atoms with Crippen LogP contribution in [0.4, 0.5) is 0 Å². The summed E-state index contributed by atoms with van der Waals surface area (Å²) in [6.45, 7) is 5.88. The van der Waals surface area contributed by atoms with Gasteiger partial charge in [0.1, 0.15) is 5.75 Å². The minimum Gasteiger partial charge on any atom is -0.481 e. The molecule has 18 heavy (non-hydrogen) atoms. The first-order valence-corrected chi connectivity index (χ1v) is 6.12. The monoisotopic (exact) mass is 248 g/mol. The molecule has 0 aliphatic rings. The molecular formula is C14H20N2O2. The van der Waals surface area contributed by atoms with Gasteiger partial charge in [-0.1, -0.05) is 32.0 Å². The maximum absolute atomic E-state index is 11.6. The van der Waals surface area contributed by atoms with E-state index in [0.717, 1.165) is 6.42 Å². The smallest absolute Gasteiger partial charge is 0.280 e. The van der Waals surface area contributed by atoms with Gasteiger partial charge in [-0.25, -0.2) is 5.43 Å². The minimum atomic E-state index is -0.566. The zero-order valence-corrected chi connectivity index (χ0v) is 11.1. The first-order chi connectivity index (χ1) is 8.59. The lowest BCUT2D eigenvalue weighted by molar-refractivity contribution is -0.127. The van der Waals surface area contributed by atoms with Crippen molar-refractivity contribution in [3.63, 3.8) is 0 Å². The maximum atomic E-state index is 11.6. The van der Waals surface area contributed by atoms with E-state index in [2.05, 4.69) is 24.4 Å². The first kappa shape index (κ1) is 14.2. The third-order valence-corrected chi connectivity index (χ3v) is 2.27. The Hall–Kier alpha value is -1.84. The Bertz CT molecular complexity index is 388. The van der Waals surface area contributed by atoms with Crippen molar-refractivity contribution in [3.8, 4) is 5.75 Å². The van der Waals surface area contributed by atoms with Crippen LogP contribution in [0.1, 0.15) is 27.2 Å². The molecule has 1 rings (SSSR count). The number of hydrazone groups is 1. The van der Waals surface area contributed by atoms with Crippen molar-refractivity contribution in [1.29, 1.82) is 0 Å². The van der Waals surface area contributed by atoms with Gasteiger partial charge in [0.05, 0.1) is 0 Å². The average molecular weight is 248 g/mol. The molecule has 0 heterocycles. The molecule has 1 N–H and O–H groups in total. The summed E-state index contributed by atoms with van der Waals surface area (Å²) in [5, 5.41) is 3.87. The van der Waals surface area contributed by atoms with Crippen LogP contribution in [0.25, 0.3) is 0 Å². The molecule has 1 atom stereocenters. The molecule has 1 unspecified atom stereocenters. The predicted molar refractivity (Wildman–Crippen MR) is 72.6 cm³/mol. The van der Waals surface area contributed by atoms with Crippen LogP contribution in [0.5, 0.6) is 5.75 Å². The van der Waals surface area contributed by atoms with Crippen molar-refractivity contribution in [1.82, 2.24) is 5.43 Å². The molecule has 1 aromatic rings. The number of nitrogens with one attached hydrogen (secondary N) is 1. The SMILES string of the molecule is CC(C)C/C=N/NC(=O)C(C)Oc1ccccc1. The largest absolute Gasteiger partial charge is 0.481 e. The van der Waals surface area contributed by atoms with Crippen molar-refractivity contribution >= 4 is 12.1 Å². The minimum absolute atomic E-state index is 0.251. The van der Waals surface area contributed by atoms with Gasteiger partial charge in [0.15, 0.2) is 6.10 Å². The number of ether oxygens (including phenoxy) is 1. The van der Waals surface area contributed by atoms with Crippen LogP contribution in [0, 0.1) is 5.92 Å². The molecule has 0 saturated heterocycles. The van der Waals surface area contributed by atoms with Gasteiger partial charge in [-0.2, -0.15) is 5.10 Å². The van der Waals surface area contributed by atoms with Crippen molar-refractivity contribution in [3.05, 3.63) is 30.3 Å². The number of para-hydroxylation sites is 1. The van der Waals surface area contributed by atoms with Gasteiger partial charge in [-0.3, -0.25) is 4.79 Å². The number of carbonyl (C=O) groups excluding carboxylic acids is 1. The molecule has 0 fully saturated rings. The average Bonchev–Trinajstić information content (AvgIpc) is 2.35. The summed E-state index contributed by atoms with van der Waals surface area (Å²) in [5.41, 5.74) is 2.46. The molecule has 0 spiro atoms. The van der Waals surface area contributed by atoms with Gasteiger partial charge in [0.25, 0.3) is 5.91 Å². The van der Waals surface area contributed by atoms with E-state index in [1.807, 2.05) is 30.3 Å². The molecule has 98 valence electrons.